The summed E-state index contributed by atoms with van der Waals surface area (Å²) in [7, 11) is 0. The van der Waals surface area contributed by atoms with Crippen LogP contribution in [0.1, 0.15) is 23.7 Å². The van der Waals surface area contributed by atoms with Crippen LogP contribution in [0.15, 0.2) is 22.6 Å². The summed E-state index contributed by atoms with van der Waals surface area (Å²) in [5, 5.41) is 0. The standard InChI is InChI=1S/C10H10N2O2/c1-2-8(13)6-3-4-9-7(5-6)12-10(11)14-9/h3-5H,2H2,1H3,(H2,11,12). The van der Waals surface area contributed by atoms with E-state index >= 15 is 0 Å². The number of carbonyl (C=O) groups is 1. The first kappa shape index (κ1) is 8.74. The van der Waals surface area contributed by atoms with E-state index in [1.807, 2.05) is 6.92 Å². The second-order valence-corrected chi connectivity index (χ2v) is 3.01. The van der Waals surface area contributed by atoms with Gasteiger partial charge < -0.3 is 10.2 Å². The van der Waals surface area contributed by atoms with E-state index < -0.39 is 0 Å². The summed E-state index contributed by atoms with van der Waals surface area (Å²) in [6.07, 6.45) is 0.485. The van der Waals surface area contributed by atoms with Crippen LogP contribution in [0, 0.1) is 0 Å². The molecule has 2 rings (SSSR count). The predicted octanol–water partition coefficient (Wildman–Crippen LogP) is 2.00. The number of Topliss-reactive ketones (excluding diaryl/α,β-unsaturated/α-hetero) is 1. The van der Waals surface area contributed by atoms with E-state index in [4.69, 9.17) is 10.2 Å². The Morgan fingerprint density at radius 2 is 2.36 bits per heavy atom. The normalized spacial score (nSPS) is 10.6. The third kappa shape index (κ3) is 1.35. The Hall–Kier alpha value is -1.84. The molecule has 72 valence electrons. The van der Waals surface area contributed by atoms with Gasteiger partial charge in [0, 0.05) is 12.0 Å². The molecule has 0 saturated carbocycles. The molecule has 0 unspecified atom stereocenters. The first-order valence-corrected chi connectivity index (χ1v) is 4.40. The van der Waals surface area contributed by atoms with E-state index in [-0.39, 0.29) is 11.8 Å². The molecule has 4 heteroatoms. The number of hydrogen-bond acceptors (Lipinski definition) is 4. The van der Waals surface area contributed by atoms with Gasteiger partial charge in [0.05, 0.1) is 0 Å². The molecular weight excluding hydrogens is 180 g/mol. The minimum atomic E-state index is 0.0912. The van der Waals surface area contributed by atoms with Crippen molar-refractivity contribution in [3.63, 3.8) is 0 Å². The highest BCUT2D eigenvalue weighted by atomic mass is 16.4. The number of oxazole rings is 1. The van der Waals surface area contributed by atoms with Crippen molar-refractivity contribution in [1.29, 1.82) is 0 Å². The van der Waals surface area contributed by atoms with Crippen molar-refractivity contribution in [2.45, 2.75) is 13.3 Å². The Balaban J connectivity index is 2.55. The second kappa shape index (κ2) is 3.14. The van der Waals surface area contributed by atoms with Crippen molar-refractivity contribution < 1.29 is 9.21 Å². The number of ketones is 1. The molecule has 1 aromatic carbocycles. The largest absolute Gasteiger partial charge is 0.424 e. The number of nitrogens with zero attached hydrogens (tertiary/aromatic N) is 1. The first-order chi connectivity index (χ1) is 6.70. The highest BCUT2D eigenvalue weighted by Gasteiger charge is 2.07. The number of carbonyl (C=O) groups excluding carboxylic acids is 1. The topological polar surface area (TPSA) is 69.1 Å². The lowest BCUT2D eigenvalue weighted by atomic mass is 10.1. The molecule has 1 heterocycles. The highest BCUT2D eigenvalue weighted by molar-refractivity contribution is 5.98. The van der Waals surface area contributed by atoms with E-state index in [2.05, 4.69) is 4.98 Å². The lowest BCUT2D eigenvalue weighted by molar-refractivity contribution is 0.0988. The maximum absolute atomic E-state index is 11.4. The van der Waals surface area contributed by atoms with Gasteiger partial charge in [0.15, 0.2) is 11.4 Å². The van der Waals surface area contributed by atoms with Gasteiger partial charge in [-0.25, -0.2) is 0 Å². The number of nitrogens with two attached hydrogens (primary N) is 1. The number of aromatic nitrogens is 1. The molecule has 0 aliphatic rings. The summed E-state index contributed by atoms with van der Waals surface area (Å²) in [5.41, 5.74) is 7.27. The zero-order chi connectivity index (χ0) is 10.1. The van der Waals surface area contributed by atoms with Crippen molar-refractivity contribution in [3.05, 3.63) is 23.8 Å². The van der Waals surface area contributed by atoms with Gasteiger partial charge in [-0.1, -0.05) is 6.92 Å². The minimum absolute atomic E-state index is 0.0912. The summed E-state index contributed by atoms with van der Waals surface area (Å²) >= 11 is 0. The minimum Gasteiger partial charge on any atom is -0.424 e. The average molecular weight is 190 g/mol. The molecular formula is C10H10N2O2. The molecule has 0 bridgehead atoms. The number of rotatable bonds is 2. The zero-order valence-corrected chi connectivity index (χ0v) is 7.78. The van der Waals surface area contributed by atoms with E-state index in [0.29, 0.717) is 23.1 Å². The highest BCUT2D eigenvalue weighted by Crippen LogP contribution is 2.18. The molecule has 1 aromatic heterocycles. The first-order valence-electron chi connectivity index (χ1n) is 4.40. The Labute approximate surface area is 80.7 Å². The van der Waals surface area contributed by atoms with Crippen molar-refractivity contribution in [2.75, 3.05) is 5.73 Å². The number of hydrogen-bond donors (Lipinski definition) is 1. The Morgan fingerprint density at radius 3 is 3.07 bits per heavy atom. The molecule has 4 nitrogen and oxygen atoms in total. The zero-order valence-electron chi connectivity index (χ0n) is 7.78. The van der Waals surface area contributed by atoms with Crippen LogP contribution in [0.3, 0.4) is 0 Å². The summed E-state index contributed by atoms with van der Waals surface area (Å²) < 4.78 is 5.09. The van der Waals surface area contributed by atoms with Gasteiger partial charge in [0.2, 0.25) is 0 Å². The van der Waals surface area contributed by atoms with Crippen LogP contribution in [0.5, 0.6) is 0 Å². The predicted molar refractivity (Wildman–Crippen MR) is 53.0 cm³/mol. The molecule has 0 amide bonds. The van der Waals surface area contributed by atoms with Gasteiger partial charge in [-0.3, -0.25) is 4.79 Å². The maximum Gasteiger partial charge on any atom is 0.292 e. The smallest absolute Gasteiger partial charge is 0.292 e. The van der Waals surface area contributed by atoms with Crippen molar-refractivity contribution in [3.8, 4) is 0 Å². The van der Waals surface area contributed by atoms with Crippen LogP contribution in [0.2, 0.25) is 0 Å². The number of nitrogen functional groups attached to an aromatic ring is 1. The van der Waals surface area contributed by atoms with Crippen LogP contribution in [-0.4, -0.2) is 10.8 Å². The summed E-state index contributed by atoms with van der Waals surface area (Å²) in [5.74, 6) is 0.0912. The van der Waals surface area contributed by atoms with Gasteiger partial charge in [-0.2, -0.15) is 4.98 Å². The Bertz CT molecular complexity index is 488. The third-order valence-corrected chi connectivity index (χ3v) is 2.05. The fraction of sp³-hybridized carbons (Fsp3) is 0.200. The van der Waals surface area contributed by atoms with E-state index in [1.165, 1.54) is 0 Å². The maximum atomic E-state index is 11.4. The van der Waals surface area contributed by atoms with Crippen LogP contribution in [0.4, 0.5) is 6.01 Å². The van der Waals surface area contributed by atoms with Gasteiger partial charge in [0.25, 0.3) is 6.01 Å². The van der Waals surface area contributed by atoms with Crippen LogP contribution < -0.4 is 5.73 Å². The molecule has 0 aliphatic heterocycles. The van der Waals surface area contributed by atoms with Gasteiger partial charge in [0.1, 0.15) is 5.52 Å². The lowest BCUT2D eigenvalue weighted by Gasteiger charge is -1.95. The molecule has 14 heavy (non-hydrogen) atoms. The lowest BCUT2D eigenvalue weighted by Crippen LogP contribution is -1.95. The van der Waals surface area contributed by atoms with Crippen LogP contribution in [-0.2, 0) is 0 Å². The number of benzene rings is 1. The Morgan fingerprint density at radius 1 is 1.57 bits per heavy atom. The molecule has 0 radical (unpaired) electrons. The second-order valence-electron chi connectivity index (χ2n) is 3.01. The van der Waals surface area contributed by atoms with Crippen LogP contribution in [0.25, 0.3) is 11.1 Å². The number of fused-ring (bicyclic) bond motifs is 1. The SMILES string of the molecule is CCC(=O)c1ccc2oc(N)nc2c1. The molecule has 0 saturated heterocycles. The molecule has 2 aromatic rings. The summed E-state index contributed by atoms with van der Waals surface area (Å²) in [6.45, 7) is 1.82. The van der Waals surface area contributed by atoms with Crippen molar-refractivity contribution in [1.82, 2.24) is 4.98 Å². The van der Waals surface area contributed by atoms with Crippen molar-refractivity contribution in [2.24, 2.45) is 0 Å². The van der Waals surface area contributed by atoms with E-state index in [1.54, 1.807) is 18.2 Å². The third-order valence-electron chi connectivity index (χ3n) is 2.05. The van der Waals surface area contributed by atoms with E-state index in [0.717, 1.165) is 0 Å². The molecule has 0 fully saturated rings. The molecule has 0 aliphatic carbocycles. The molecule has 2 N–H and O–H groups in total. The monoisotopic (exact) mass is 190 g/mol. The fourth-order valence-electron chi connectivity index (χ4n) is 1.32. The molecule has 0 atom stereocenters. The summed E-state index contributed by atoms with van der Waals surface area (Å²) in [6, 6.07) is 5.25. The molecule has 0 spiro atoms. The van der Waals surface area contributed by atoms with Gasteiger partial charge >= 0.3 is 0 Å². The average Bonchev–Trinajstić information content (AvgIpc) is 2.55. The van der Waals surface area contributed by atoms with Gasteiger partial charge in [-0.15, -0.1) is 0 Å². The quantitative estimate of drug-likeness (QED) is 0.735. The van der Waals surface area contributed by atoms with E-state index in [9.17, 15) is 4.79 Å². The fourth-order valence-corrected chi connectivity index (χ4v) is 1.32. The number of anilines is 1. The summed E-state index contributed by atoms with van der Waals surface area (Å²) in [4.78, 5) is 15.3. The van der Waals surface area contributed by atoms with Gasteiger partial charge in [-0.05, 0) is 18.2 Å². The van der Waals surface area contributed by atoms with Crippen molar-refractivity contribution >= 4 is 22.9 Å². The van der Waals surface area contributed by atoms with Crippen LogP contribution >= 0.6 is 0 Å². The Kier molecular flexibility index (Phi) is 1.96.